The second-order valence-corrected chi connectivity index (χ2v) is 32.0. The Bertz CT molecular complexity index is 3110. The molecule has 2 saturated heterocycles. The van der Waals surface area contributed by atoms with E-state index in [2.05, 4.69) is 22.9 Å². The third-order valence-corrected chi connectivity index (χ3v) is 23.4. The van der Waals surface area contributed by atoms with Gasteiger partial charge in [-0.25, -0.2) is 8.78 Å². The van der Waals surface area contributed by atoms with Crippen LogP contribution in [0.25, 0.3) is 0 Å². The lowest BCUT2D eigenvalue weighted by molar-refractivity contribution is -0.219. The summed E-state index contributed by atoms with van der Waals surface area (Å²) in [5.41, 5.74) is -2.31. The summed E-state index contributed by atoms with van der Waals surface area (Å²) in [6.45, 7) is 15.0. The number of nitrogens with one attached hydrogen (secondary N) is 3. The molecule has 105 heavy (non-hydrogen) atoms. The highest BCUT2D eigenvalue weighted by molar-refractivity contribution is 6.01. The van der Waals surface area contributed by atoms with Crippen LogP contribution in [0.15, 0.2) is 12.2 Å². The van der Waals surface area contributed by atoms with Gasteiger partial charge < -0.3 is 64.8 Å². The first kappa shape index (κ1) is 86.9. The predicted octanol–water partition coefficient (Wildman–Crippen LogP) is 6.05. The lowest BCUT2D eigenvalue weighted by Crippen LogP contribution is -2.71. The van der Waals surface area contributed by atoms with Crippen molar-refractivity contribution < 1.29 is 84.2 Å². The minimum Gasteiger partial charge on any atom is -0.377 e. The summed E-state index contributed by atoms with van der Waals surface area (Å²) in [7, 11) is 11.2. The van der Waals surface area contributed by atoms with E-state index in [-0.39, 0.29) is 70.6 Å². The number of amides is 12. The van der Waals surface area contributed by atoms with Crippen LogP contribution in [0, 0.1) is 40.9 Å². The van der Waals surface area contributed by atoms with Crippen LogP contribution in [-0.2, 0) is 62.3 Å². The molecule has 12 atom stereocenters. The van der Waals surface area contributed by atoms with Crippen molar-refractivity contribution in [2.75, 3.05) is 89.2 Å². The molecule has 0 aromatic carbocycles. The molecule has 3 N–H and O–H groups in total. The second kappa shape index (κ2) is 37.2. The SMILES string of the molecule is CCO[C@@H]1C[C@H]2C(=O)NC3(CC(C)(C)C3)C(=O)N(C)[C@@H](C(CC)CC)C(=O)N(C)[C@H](C(=O)N(C)C)CC(=O)N(C)[C@@H](CC)C(=O)N[C@@H]([C@@H](C)CC)C(=O)N(C)CC(=O)N(C)[C@H]3C/C=C\CCN(C3=O)[C@@H](CC3CCC(C)CC3)C(=O)N(C)CC(=O)N[C@@H](CCC3CC(F)C(C(F)(F)F)C(F)C3)C(=O)N2C1. The van der Waals surface area contributed by atoms with Crippen molar-refractivity contribution in [2.45, 2.75) is 263 Å². The van der Waals surface area contributed by atoms with Crippen molar-refractivity contribution in [3.05, 3.63) is 12.2 Å². The Kier molecular flexibility index (Phi) is 30.8. The second-order valence-electron chi connectivity index (χ2n) is 32.0. The minimum absolute atomic E-state index is 0.0113. The molecule has 2 bridgehead atoms. The fourth-order valence-corrected chi connectivity index (χ4v) is 17.0. The van der Waals surface area contributed by atoms with Gasteiger partial charge in [0.25, 0.3) is 0 Å². The summed E-state index contributed by atoms with van der Waals surface area (Å²) in [4.78, 5) is 192. The van der Waals surface area contributed by atoms with Crippen molar-refractivity contribution >= 4 is 70.9 Å². The number of ether oxygens (including phenoxy) is 1. The Morgan fingerprint density at radius 3 is 1.83 bits per heavy atom. The fraction of sp³-hybridized carbons (Fsp3) is 0.813. The molecular weight excluding hydrogens is 1370 g/mol. The van der Waals surface area contributed by atoms with Crippen LogP contribution in [0.1, 0.15) is 184 Å². The van der Waals surface area contributed by atoms with Crippen molar-refractivity contribution in [3.63, 3.8) is 0 Å². The summed E-state index contributed by atoms with van der Waals surface area (Å²) in [5, 5.41) is 8.57. The van der Waals surface area contributed by atoms with Crippen molar-refractivity contribution in [1.29, 1.82) is 0 Å². The normalized spacial score (nSPS) is 32.0. The van der Waals surface area contributed by atoms with Crippen molar-refractivity contribution in [2.24, 2.45) is 40.9 Å². The van der Waals surface area contributed by atoms with Gasteiger partial charge in [-0.05, 0) is 106 Å². The van der Waals surface area contributed by atoms with Gasteiger partial charge >= 0.3 is 6.18 Å². The summed E-state index contributed by atoms with van der Waals surface area (Å²) in [5.74, 6) is -13.4. The molecule has 1 spiro atoms. The molecule has 6 aliphatic rings. The third kappa shape index (κ3) is 21.0. The van der Waals surface area contributed by atoms with E-state index in [1.165, 1.54) is 80.9 Å². The molecule has 5 fully saturated rings. The molecule has 0 aromatic heterocycles. The number of nitrogens with zero attached hydrogens (tertiary/aromatic N) is 9. The molecule has 3 heterocycles. The van der Waals surface area contributed by atoms with Crippen molar-refractivity contribution in [3.8, 4) is 0 Å². The number of hydrogen-bond donors (Lipinski definition) is 3. The summed E-state index contributed by atoms with van der Waals surface area (Å²) in [6, 6.07) is -10.7. The zero-order valence-electron chi connectivity index (χ0n) is 65.2. The smallest absolute Gasteiger partial charge is 0.377 e. The third-order valence-electron chi connectivity index (χ3n) is 23.4. The van der Waals surface area contributed by atoms with Crippen molar-refractivity contribution in [1.82, 2.24) is 60.0 Å². The number of rotatable bonds is 14. The number of carbonyl (C=O) groups is 12. The molecule has 3 aliphatic carbocycles. The summed E-state index contributed by atoms with van der Waals surface area (Å²) in [6.07, 6.45) is -5.71. The lowest BCUT2D eigenvalue weighted by atomic mass is 9.58. The molecule has 2 unspecified atom stereocenters. The Morgan fingerprint density at radius 2 is 1.28 bits per heavy atom. The van der Waals surface area contributed by atoms with E-state index >= 15 is 37.5 Å². The first-order chi connectivity index (χ1) is 49.1. The molecule has 12 amide bonds. The monoisotopic (exact) mass is 1490 g/mol. The Balaban J connectivity index is 1.49. The van der Waals surface area contributed by atoms with Gasteiger partial charge in [-0.3, -0.25) is 57.5 Å². The number of likely N-dealkylation sites (N-methyl/N-ethyl adjacent to an activating group) is 7. The zero-order valence-corrected chi connectivity index (χ0v) is 65.2. The van der Waals surface area contributed by atoms with Crippen LogP contribution in [0.2, 0.25) is 0 Å². The molecule has 3 saturated carbocycles. The van der Waals surface area contributed by atoms with Crippen LogP contribution >= 0.6 is 0 Å². The molecule has 3 aliphatic heterocycles. The maximum absolute atomic E-state index is 15.7. The summed E-state index contributed by atoms with van der Waals surface area (Å²) < 4.78 is 79.0. The van der Waals surface area contributed by atoms with Gasteiger partial charge in [-0.15, -0.1) is 0 Å². The van der Waals surface area contributed by atoms with Gasteiger partial charge in [0.1, 0.15) is 72.1 Å². The van der Waals surface area contributed by atoms with Gasteiger partial charge in [-0.1, -0.05) is 112 Å². The van der Waals surface area contributed by atoms with Gasteiger partial charge in [0.05, 0.1) is 25.6 Å². The highest BCUT2D eigenvalue weighted by Gasteiger charge is 2.60. The molecular formula is C75H121F5N12O13. The molecule has 30 heteroatoms. The quantitative estimate of drug-likeness (QED) is 0.132. The van der Waals surface area contributed by atoms with Crippen LogP contribution in [-0.4, -0.2) is 283 Å². The highest BCUT2D eigenvalue weighted by atomic mass is 19.4. The van der Waals surface area contributed by atoms with E-state index in [0.717, 1.165) is 45.3 Å². The van der Waals surface area contributed by atoms with Crippen LogP contribution in [0.4, 0.5) is 22.0 Å². The first-order valence-electron chi connectivity index (χ1n) is 38.0. The number of carbonyl (C=O) groups excluding carboxylic acids is 12. The number of halogens is 5. The van der Waals surface area contributed by atoms with E-state index in [1.54, 1.807) is 26.8 Å². The predicted molar refractivity (Wildman–Crippen MR) is 383 cm³/mol. The molecule has 25 nitrogen and oxygen atoms in total. The topological polar surface area (TPSA) is 279 Å². The van der Waals surface area contributed by atoms with Gasteiger partial charge in [0, 0.05) is 82.5 Å². The van der Waals surface area contributed by atoms with E-state index in [0.29, 0.717) is 31.6 Å². The maximum Gasteiger partial charge on any atom is 0.397 e. The first-order valence-corrected chi connectivity index (χ1v) is 38.0. The van der Waals surface area contributed by atoms with E-state index in [4.69, 9.17) is 4.74 Å². The molecule has 0 radical (unpaired) electrons. The fourth-order valence-electron chi connectivity index (χ4n) is 17.0. The van der Waals surface area contributed by atoms with Crippen LogP contribution in [0.5, 0.6) is 0 Å². The number of alkyl halides is 5. The lowest BCUT2D eigenvalue weighted by Gasteiger charge is -2.54. The molecule has 0 aromatic rings. The molecule has 594 valence electrons. The zero-order chi connectivity index (χ0) is 78.7. The van der Waals surface area contributed by atoms with E-state index < -0.39 is 217 Å². The molecule has 6 rings (SSSR count). The van der Waals surface area contributed by atoms with Gasteiger partial charge in [0.2, 0.25) is 70.9 Å². The van der Waals surface area contributed by atoms with Crippen LogP contribution in [0.3, 0.4) is 0 Å². The van der Waals surface area contributed by atoms with Gasteiger partial charge in [-0.2, -0.15) is 13.2 Å². The number of hydrogen-bond acceptors (Lipinski definition) is 13. The number of fused-ring (bicyclic) bond motifs is 3. The van der Waals surface area contributed by atoms with E-state index in [9.17, 15) is 41.9 Å². The standard InChI is InChI=1S/C75H121F5N12O13/c1-18-45(7)62-70(102)86(13)41-60(95)88(15)54-26-24-23-25-33-91(69(54)101)57(36-46-29-27-44(6)28-30-46)68(100)85(12)40-58(93)81-52(32-31-47-34-50(76)61(51(77)35-47)75(78,79)80)66(98)92-39-49(105-22-5)37-55(92)65(97)83-74(42-73(8,9)43-74)72(104)90(17)63(48(19-2)20-3)71(103)89(16)56(67(99)84(10)11)38-59(94)87(14)53(21-4)64(96)82-62/h23-24,44-57,61-63H,18-22,25-43H2,1-17H3,(H,81,93)(H,82,96)(H,83,97)/b24-23-/t44?,45-,46?,47?,49+,50?,51?,52-,53-,54-,55-,56-,57-,61?,62-,63-/m0/s1. The average Bonchev–Trinajstić information content (AvgIpc) is 1.21. The average molecular weight is 1490 g/mol. The Hall–Kier alpha value is -7.01. The Morgan fingerprint density at radius 1 is 0.667 bits per heavy atom. The maximum atomic E-state index is 15.7. The highest BCUT2D eigenvalue weighted by Crippen LogP contribution is 2.50. The van der Waals surface area contributed by atoms with Gasteiger partial charge in [0.15, 0.2) is 0 Å². The van der Waals surface area contributed by atoms with E-state index in [1.807, 2.05) is 40.7 Å². The Labute approximate surface area is 617 Å². The largest absolute Gasteiger partial charge is 0.397 e. The van der Waals surface area contributed by atoms with Crippen LogP contribution < -0.4 is 16.0 Å². The summed E-state index contributed by atoms with van der Waals surface area (Å²) >= 11 is 0. The minimum atomic E-state index is -5.18.